The van der Waals surface area contributed by atoms with E-state index in [2.05, 4.69) is 14.8 Å². The molecule has 4 heteroatoms. The number of H-pyrrole nitrogens is 1. The normalized spacial score (nSPS) is 17.8. The van der Waals surface area contributed by atoms with Gasteiger partial charge in [-0.15, -0.1) is 0 Å². The van der Waals surface area contributed by atoms with Gasteiger partial charge in [-0.25, -0.2) is 0 Å². The van der Waals surface area contributed by atoms with Gasteiger partial charge in [0.15, 0.2) is 4.77 Å². The smallest absolute Gasteiger partial charge is 0.195 e. The first-order valence-electron chi connectivity index (χ1n) is 5.39. The Balaban J connectivity index is 1.94. The van der Waals surface area contributed by atoms with Crippen molar-refractivity contribution < 1.29 is 0 Å². The van der Waals surface area contributed by atoms with E-state index in [9.17, 15) is 0 Å². The Bertz CT molecular complexity index is 346. The second-order valence-corrected chi connectivity index (χ2v) is 4.55. The van der Waals surface area contributed by atoms with Crippen molar-refractivity contribution in [2.45, 2.75) is 45.6 Å². The molecule has 1 aromatic heterocycles. The maximum absolute atomic E-state index is 5.16. The summed E-state index contributed by atoms with van der Waals surface area (Å²) in [6.45, 7) is 3.03. The fourth-order valence-corrected chi connectivity index (χ4v) is 2.54. The molecule has 1 saturated carbocycles. The number of nitrogens with zero attached hydrogens (tertiary/aromatic N) is 2. The predicted molar refractivity (Wildman–Crippen MR) is 58.7 cm³/mol. The van der Waals surface area contributed by atoms with Crippen molar-refractivity contribution in [2.75, 3.05) is 0 Å². The van der Waals surface area contributed by atoms with Crippen LogP contribution in [0.3, 0.4) is 0 Å². The van der Waals surface area contributed by atoms with Gasteiger partial charge >= 0.3 is 0 Å². The predicted octanol–water partition coefficient (Wildman–Crippen LogP) is 2.83. The van der Waals surface area contributed by atoms with Crippen LogP contribution in [0.1, 0.15) is 37.9 Å². The Morgan fingerprint density at radius 2 is 2.21 bits per heavy atom. The standard InChI is InChI=1S/C10H17N3S/c1-8-11-12-10(14)13(8)7-6-9-4-2-3-5-9/h9H,2-7H2,1H3,(H,12,14). The zero-order valence-corrected chi connectivity index (χ0v) is 9.44. The summed E-state index contributed by atoms with van der Waals surface area (Å²) in [6.07, 6.45) is 6.91. The van der Waals surface area contributed by atoms with Gasteiger partial charge in [0.05, 0.1) is 0 Å². The Kier molecular flexibility index (Phi) is 3.01. The summed E-state index contributed by atoms with van der Waals surface area (Å²) in [4.78, 5) is 0. The lowest BCUT2D eigenvalue weighted by Crippen LogP contribution is -2.05. The summed E-state index contributed by atoms with van der Waals surface area (Å²) in [7, 11) is 0. The molecule has 0 amide bonds. The van der Waals surface area contributed by atoms with Crippen LogP contribution in [0.15, 0.2) is 0 Å². The summed E-state index contributed by atoms with van der Waals surface area (Å²) < 4.78 is 2.87. The minimum Gasteiger partial charge on any atom is -0.304 e. The zero-order valence-electron chi connectivity index (χ0n) is 8.62. The van der Waals surface area contributed by atoms with E-state index < -0.39 is 0 Å². The minimum absolute atomic E-state index is 0.764. The molecule has 1 aliphatic carbocycles. The van der Waals surface area contributed by atoms with Gasteiger partial charge in [-0.05, 0) is 31.5 Å². The number of aryl methyl sites for hydroxylation is 1. The second kappa shape index (κ2) is 4.26. The van der Waals surface area contributed by atoms with Gasteiger partial charge < -0.3 is 4.57 Å². The first kappa shape index (κ1) is 9.90. The Labute approximate surface area is 89.5 Å². The molecular formula is C10H17N3S. The quantitative estimate of drug-likeness (QED) is 0.780. The van der Waals surface area contributed by atoms with Crippen molar-refractivity contribution in [1.82, 2.24) is 14.8 Å². The van der Waals surface area contributed by atoms with E-state index in [1.165, 1.54) is 32.1 Å². The summed E-state index contributed by atoms with van der Waals surface area (Å²) >= 11 is 5.16. The summed E-state index contributed by atoms with van der Waals surface area (Å²) in [5, 5.41) is 6.94. The summed E-state index contributed by atoms with van der Waals surface area (Å²) in [5.41, 5.74) is 0. The molecule has 1 N–H and O–H groups in total. The van der Waals surface area contributed by atoms with Crippen LogP contribution < -0.4 is 0 Å². The highest BCUT2D eigenvalue weighted by Gasteiger charge is 2.15. The molecule has 1 aliphatic rings. The van der Waals surface area contributed by atoms with Crippen molar-refractivity contribution in [3.05, 3.63) is 10.6 Å². The first-order chi connectivity index (χ1) is 6.77. The monoisotopic (exact) mass is 211 g/mol. The van der Waals surface area contributed by atoms with E-state index >= 15 is 0 Å². The molecule has 14 heavy (non-hydrogen) atoms. The molecule has 0 unspecified atom stereocenters. The molecule has 0 saturated heterocycles. The third kappa shape index (κ3) is 2.05. The maximum Gasteiger partial charge on any atom is 0.195 e. The summed E-state index contributed by atoms with van der Waals surface area (Å²) in [5.74, 6) is 1.93. The average molecular weight is 211 g/mol. The minimum atomic E-state index is 0.764. The van der Waals surface area contributed by atoms with Crippen molar-refractivity contribution in [2.24, 2.45) is 5.92 Å². The van der Waals surface area contributed by atoms with E-state index in [4.69, 9.17) is 12.2 Å². The number of hydrogen-bond donors (Lipinski definition) is 1. The van der Waals surface area contributed by atoms with Crippen LogP contribution in [-0.4, -0.2) is 14.8 Å². The van der Waals surface area contributed by atoms with Gasteiger partial charge in [0.1, 0.15) is 5.82 Å². The van der Waals surface area contributed by atoms with Gasteiger partial charge in [0.25, 0.3) is 0 Å². The first-order valence-corrected chi connectivity index (χ1v) is 5.80. The second-order valence-electron chi connectivity index (χ2n) is 4.17. The summed E-state index contributed by atoms with van der Waals surface area (Å²) in [6, 6.07) is 0. The van der Waals surface area contributed by atoms with Crippen molar-refractivity contribution in [3.8, 4) is 0 Å². The number of hydrogen-bond acceptors (Lipinski definition) is 2. The van der Waals surface area contributed by atoms with Crippen LogP contribution in [-0.2, 0) is 6.54 Å². The largest absolute Gasteiger partial charge is 0.304 e. The van der Waals surface area contributed by atoms with E-state index in [0.29, 0.717) is 0 Å². The lowest BCUT2D eigenvalue weighted by Gasteiger charge is -2.09. The highest BCUT2D eigenvalue weighted by Crippen LogP contribution is 2.27. The van der Waals surface area contributed by atoms with Gasteiger partial charge in [-0.1, -0.05) is 25.7 Å². The van der Waals surface area contributed by atoms with E-state index in [0.717, 1.165) is 23.1 Å². The van der Waals surface area contributed by atoms with Crippen LogP contribution >= 0.6 is 12.2 Å². The molecule has 78 valence electrons. The van der Waals surface area contributed by atoms with Gasteiger partial charge in [-0.2, -0.15) is 5.10 Å². The maximum atomic E-state index is 5.16. The van der Waals surface area contributed by atoms with Crippen LogP contribution in [0.5, 0.6) is 0 Å². The molecule has 0 aromatic carbocycles. The molecule has 0 radical (unpaired) electrons. The SMILES string of the molecule is Cc1n[nH]c(=S)n1CCC1CCCC1. The van der Waals surface area contributed by atoms with Crippen LogP contribution in [0.2, 0.25) is 0 Å². The van der Waals surface area contributed by atoms with Gasteiger partial charge in [0, 0.05) is 6.54 Å². The fraction of sp³-hybridized carbons (Fsp3) is 0.800. The highest BCUT2D eigenvalue weighted by molar-refractivity contribution is 7.71. The van der Waals surface area contributed by atoms with Crippen molar-refractivity contribution in [3.63, 3.8) is 0 Å². The van der Waals surface area contributed by atoms with Crippen LogP contribution in [0, 0.1) is 17.6 Å². The van der Waals surface area contributed by atoms with Gasteiger partial charge in [-0.3, -0.25) is 5.10 Å². The molecule has 0 aliphatic heterocycles. The van der Waals surface area contributed by atoms with Crippen LogP contribution in [0.25, 0.3) is 0 Å². The number of nitrogens with one attached hydrogen (secondary N) is 1. The molecule has 1 aromatic rings. The van der Waals surface area contributed by atoms with Crippen molar-refractivity contribution >= 4 is 12.2 Å². The lowest BCUT2D eigenvalue weighted by atomic mass is 10.0. The average Bonchev–Trinajstić information content (AvgIpc) is 2.76. The molecule has 1 fully saturated rings. The number of rotatable bonds is 3. The van der Waals surface area contributed by atoms with Crippen molar-refractivity contribution in [1.29, 1.82) is 0 Å². The topological polar surface area (TPSA) is 33.6 Å². The van der Waals surface area contributed by atoms with E-state index in [1.807, 2.05) is 6.92 Å². The number of aromatic amines is 1. The van der Waals surface area contributed by atoms with Gasteiger partial charge in [0.2, 0.25) is 0 Å². The molecule has 1 heterocycles. The Morgan fingerprint density at radius 3 is 2.79 bits per heavy atom. The van der Waals surface area contributed by atoms with E-state index in [1.54, 1.807) is 0 Å². The highest BCUT2D eigenvalue weighted by atomic mass is 32.1. The molecule has 0 bridgehead atoms. The zero-order chi connectivity index (χ0) is 9.97. The Morgan fingerprint density at radius 1 is 1.50 bits per heavy atom. The van der Waals surface area contributed by atoms with E-state index in [-0.39, 0.29) is 0 Å². The third-order valence-corrected chi connectivity index (χ3v) is 3.50. The number of aromatic nitrogens is 3. The molecule has 3 nitrogen and oxygen atoms in total. The third-order valence-electron chi connectivity index (χ3n) is 3.18. The van der Waals surface area contributed by atoms with Crippen LogP contribution in [0.4, 0.5) is 0 Å². The molecular weight excluding hydrogens is 194 g/mol. The fourth-order valence-electron chi connectivity index (χ4n) is 2.27. The molecule has 0 spiro atoms. The Hall–Kier alpha value is -0.640. The molecule has 2 rings (SSSR count). The lowest BCUT2D eigenvalue weighted by molar-refractivity contribution is 0.452. The molecule has 0 atom stereocenters.